The summed E-state index contributed by atoms with van der Waals surface area (Å²) >= 11 is 0. The van der Waals surface area contributed by atoms with Gasteiger partial charge in [0.1, 0.15) is 12.1 Å². The van der Waals surface area contributed by atoms with Crippen molar-refractivity contribution in [1.29, 1.82) is 0 Å². The molecule has 0 unspecified atom stereocenters. The van der Waals surface area contributed by atoms with Crippen molar-refractivity contribution in [2.24, 2.45) is 0 Å². The number of urea groups is 2. The highest BCUT2D eigenvalue weighted by molar-refractivity contribution is 6.10. The summed E-state index contributed by atoms with van der Waals surface area (Å²) in [7, 11) is 0. The average molecular weight is 358 g/mol. The van der Waals surface area contributed by atoms with Crippen LogP contribution in [0.25, 0.3) is 0 Å². The number of nitrogens with zero attached hydrogens (tertiary/aromatic N) is 1. The lowest BCUT2D eigenvalue weighted by molar-refractivity contribution is -0.135. The van der Waals surface area contributed by atoms with Crippen LogP contribution in [0.3, 0.4) is 0 Å². The third-order valence-corrected chi connectivity index (χ3v) is 4.80. The fourth-order valence-corrected chi connectivity index (χ4v) is 3.45. The van der Waals surface area contributed by atoms with Gasteiger partial charge in [0.25, 0.3) is 5.91 Å². The van der Waals surface area contributed by atoms with E-state index in [1.165, 1.54) is 0 Å². The summed E-state index contributed by atoms with van der Waals surface area (Å²) < 4.78 is 0. The van der Waals surface area contributed by atoms with E-state index in [-0.39, 0.29) is 12.5 Å². The molecule has 1 heterocycles. The van der Waals surface area contributed by atoms with E-state index in [0.29, 0.717) is 12.8 Å². The fraction of sp³-hybridized carbons (Fsp3) is 0.444. The van der Waals surface area contributed by atoms with Crippen LogP contribution >= 0.6 is 0 Å². The third kappa shape index (κ3) is 3.84. The van der Waals surface area contributed by atoms with Crippen LogP contribution in [-0.2, 0) is 16.1 Å². The standard InChI is InChI=1S/C18H22N4O4/c23-14(20-16(25)19-11-13-7-3-1-4-8-13)12-22-15(24)18(21-17(22)26)9-5-2-6-10-18/h1,3-4,7-8H,2,5-6,9-12H2,(H,21,26)(H2,19,20,23,25). The van der Waals surface area contributed by atoms with Crippen LogP contribution in [0.4, 0.5) is 9.59 Å². The van der Waals surface area contributed by atoms with Crippen molar-refractivity contribution in [2.45, 2.75) is 44.2 Å². The highest BCUT2D eigenvalue weighted by Gasteiger charge is 2.51. The van der Waals surface area contributed by atoms with Crippen molar-refractivity contribution in [3.05, 3.63) is 35.9 Å². The maximum absolute atomic E-state index is 12.6. The molecule has 3 N–H and O–H groups in total. The molecule has 8 nitrogen and oxygen atoms in total. The molecule has 0 radical (unpaired) electrons. The van der Waals surface area contributed by atoms with Crippen LogP contribution in [0.2, 0.25) is 0 Å². The molecule has 0 atom stereocenters. The number of hydrogen-bond donors (Lipinski definition) is 3. The third-order valence-electron chi connectivity index (χ3n) is 4.80. The Morgan fingerprint density at radius 3 is 2.46 bits per heavy atom. The van der Waals surface area contributed by atoms with Crippen molar-refractivity contribution in [2.75, 3.05) is 6.54 Å². The molecule has 2 fully saturated rings. The number of hydrogen-bond acceptors (Lipinski definition) is 4. The molecule has 1 aliphatic carbocycles. The van der Waals surface area contributed by atoms with Crippen molar-refractivity contribution in [1.82, 2.24) is 20.9 Å². The van der Waals surface area contributed by atoms with Gasteiger partial charge in [-0.25, -0.2) is 9.59 Å². The zero-order valence-corrected chi connectivity index (χ0v) is 14.4. The predicted octanol–water partition coefficient (Wildman–Crippen LogP) is 1.27. The average Bonchev–Trinajstić information content (AvgIpc) is 2.85. The van der Waals surface area contributed by atoms with E-state index in [4.69, 9.17) is 0 Å². The lowest BCUT2D eigenvalue weighted by Crippen LogP contribution is -2.49. The molecular formula is C18H22N4O4. The van der Waals surface area contributed by atoms with E-state index < -0.39 is 30.1 Å². The Morgan fingerprint density at radius 2 is 1.77 bits per heavy atom. The highest BCUT2D eigenvalue weighted by atomic mass is 16.2. The SMILES string of the molecule is O=C(CN1C(=O)NC2(CCCCC2)C1=O)NC(=O)NCc1ccccc1. The molecule has 1 saturated heterocycles. The summed E-state index contributed by atoms with van der Waals surface area (Å²) in [6.45, 7) is -0.197. The molecule has 138 valence electrons. The molecule has 0 aromatic heterocycles. The molecule has 1 spiro atoms. The van der Waals surface area contributed by atoms with Crippen LogP contribution in [-0.4, -0.2) is 40.9 Å². The first kappa shape index (κ1) is 17.9. The molecule has 3 rings (SSSR count). The molecule has 0 bridgehead atoms. The first-order chi connectivity index (χ1) is 12.5. The molecular weight excluding hydrogens is 336 g/mol. The van der Waals surface area contributed by atoms with Crippen molar-refractivity contribution >= 4 is 23.9 Å². The summed E-state index contributed by atoms with van der Waals surface area (Å²) in [6, 6.07) is 8.01. The van der Waals surface area contributed by atoms with Crippen molar-refractivity contribution in [3.63, 3.8) is 0 Å². The number of rotatable bonds is 4. The second-order valence-electron chi connectivity index (χ2n) is 6.68. The van der Waals surface area contributed by atoms with Gasteiger partial charge >= 0.3 is 12.1 Å². The molecule has 1 aromatic carbocycles. The Morgan fingerprint density at radius 1 is 1.08 bits per heavy atom. The Balaban J connectivity index is 1.50. The van der Waals surface area contributed by atoms with Gasteiger partial charge in [-0.05, 0) is 18.4 Å². The molecule has 1 aromatic rings. The number of carbonyl (C=O) groups excluding carboxylic acids is 4. The maximum Gasteiger partial charge on any atom is 0.325 e. The van der Waals surface area contributed by atoms with E-state index in [0.717, 1.165) is 29.7 Å². The number of imide groups is 2. The molecule has 8 heteroatoms. The van der Waals surface area contributed by atoms with Gasteiger partial charge in [0.05, 0.1) is 0 Å². The summed E-state index contributed by atoms with van der Waals surface area (Å²) in [6.07, 6.45) is 3.95. The minimum atomic E-state index is -0.870. The summed E-state index contributed by atoms with van der Waals surface area (Å²) in [5.41, 5.74) is 0.0222. The number of benzene rings is 1. The van der Waals surface area contributed by atoms with E-state index in [1.807, 2.05) is 30.3 Å². The Labute approximate surface area is 151 Å². The zero-order chi connectivity index (χ0) is 18.6. The monoisotopic (exact) mass is 358 g/mol. The van der Waals surface area contributed by atoms with Gasteiger partial charge in [0.2, 0.25) is 5.91 Å². The van der Waals surface area contributed by atoms with E-state index in [2.05, 4.69) is 16.0 Å². The number of amides is 6. The van der Waals surface area contributed by atoms with E-state index in [1.54, 1.807) is 0 Å². The highest BCUT2D eigenvalue weighted by Crippen LogP contribution is 2.33. The minimum Gasteiger partial charge on any atom is -0.334 e. The van der Waals surface area contributed by atoms with Crippen LogP contribution in [0.5, 0.6) is 0 Å². The normalized spacial score (nSPS) is 18.5. The molecule has 6 amide bonds. The molecule has 1 aliphatic heterocycles. The quantitative estimate of drug-likeness (QED) is 0.704. The summed E-state index contributed by atoms with van der Waals surface area (Å²) in [4.78, 5) is 49.4. The van der Waals surface area contributed by atoms with Crippen molar-refractivity contribution in [3.8, 4) is 0 Å². The molecule has 2 aliphatic rings. The number of nitrogens with one attached hydrogen (secondary N) is 3. The Kier molecular flexibility index (Phi) is 5.20. The Hall–Kier alpha value is -2.90. The van der Waals surface area contributed by atoms with Crippen molar-refractivity contribution < 1.29 is 19.2 Å². The topological polar surface area (TPSA) is 108 Å². The second-order valence-corrected chi connectivity index (χ2v) is 6.68. The van der Waals surface area contributed by atoms with Crippen LogP contribution < -0.4 is 16.0 Å². The second kappa shape index (κ2) is 7.55. The largest absolute Gasteiger partial charge is 0.334 e. The van der Waals surface area contributed by atoms with E-state index >= 15 is 0 Å². The van der Waals surface area contributed by atoms with Crippen LogP contribution in [0, 0.1) is 0 Å². The van der Waals surface area contributed by atoms with Gasteiger partial charge in [0.15, 0.2) is 0 Å². The summed E-state index contributed by atoms with van der Waals surface area (Å²) in [5.74, 6) is -1.08. The van der Waals surface area contributed by atoms with Gasteiger partial charge < -0.3 is 10.6 Å². The Bertz CT molecular complexity index is 713. The predicted molar refractivity (Wildman–Crippen MR) is 92.9 cm³/mol. The van der Waals surface area contributed by atoms with E-state index in [9.17, 15) is 19.2 Å². The van der Waals surface area contributed by atoms with Crippen LogP contribution in [0.15, 0.2) is 30.3 Å². The maximum atomic E-state index is 12.6. The molecule has 26 heavy (non-hydrogen) atoms. The smallest absolute Gasteiger partial charge is 0.325 e. The first-order valence-electron chi connectivity index (χ1n) is 8.76. The fourth-order valence-electron chi connectivity index (χ4n) is 3.45. The van der Waals surface area contributed by atoms with Gasteiger partial charge in [-0.15, -0.1) is 0 Å². The lowest BCUT2D eigenvalue weighted by Gasteiger charge is -2.30. The molecule has 1 saturated carbocycles. The van der Waals surface area contributed by atoms with Gasteiger partial charge in [-0.3, -0.25) is 19.8 Å². The van der Waals surface area contributed by atoms with Gasteiger partial charge in [0, 0.05) is 6.54 Å². The first-order valence-corrected chi connectivity index (χ1v) is 8.76. The zero-order valence-electron chi connectivity index (χ0n) is 14.4. The number of carbonyl (C=O) groups is 4. The lowest BCUT2D eigenvalue weighted by atomic mass is 9.82. The minimum absolute atomic E-state index is 0.270. The van der Waals surface area contributed by atoms with Crippen LogP contribution in [0.1, 0.15) is 37.7 Å². The van der Waals surface area contributed by atoms with Gasteiger partial charge in [-0.2, -0.15) is 0 Å². The van der Waals surface area contributed by atoms with Gasteiger partial charge in [-0.1, -0.05) is 49.6 Å². The summed E-state index contributed by atoms with van der Waals surface area (Å²) in [5, 5.41) is 7.44.